The zero-order valence-corrected chi connectivity index (χ0v) is 10.7. The van der Waals surface area contributed by atoms with Gasteiger partial charge < -0.3 is 11.5 Å². The molecule has 0 spiro atoms. The van der Waals surface area contributed by atoms with Crippen LogP contribution in [-0.4, -0.2) is 15.0 Å². The summed E-state index contributed by atoms with van der Waals surface area (Å²) in [5.74, 6) is 3.54. The van der Waals surface area contributed by atoms with Crippen molar-refractivity contribution in [2.45, 2.75) is 50.9 Å². The Morgan fingerprint density at radius 3 is 2.17 bits per heavy atom. The lowest BCUT2D eigenvalue weighted by Crippen LogP contribution is -2.28. The van der Waals surface area contributed by atoms with Crippen LogP contribution < -0.4 is 11.5 Å². The summed E-state index contributed by atoms with van der Waals surface area (Å²) in [4.78, 5) is 12.4. The van der Waals surface area contributed by atoms with Crippen LogP contribution in [0.2, 0.25) is 0 Å². The highest BCUT2D eigenvalue weighted by Gasteiger charge is 2.33. The minimum absolute atomic E-state index is 0.253. The van der Waals surface area contributed by atoms with Crippen molar-refractivity contribution in [1.82, 2.24) is 15.0 Å². The predicted molar refractivity (Wildman–Crippen MR) is 70.7 cm³/mol. The maximum absolute atomic E-state index is 5.66. The summed E-state index contributed by atoms with van der Waals surface area (Å²) in [6.45, 7) is 0. The Bertz CT molecular complexity index is 413. The molecule has 1 aromatic rings. The van der Waals surface area contributed by atoms with Crippen LogP contribution in [0.5, 0.6) is 0 Å². The van der Waals surface area contributed by atoms with E-state index in [2.05, 4.69) is 15.0 Å². The number of nitrogens with zero attached hydrogens (tertiary/aromatic N) is 3. The molecule has 0 radical (unpaired) electrons. The fourth-order valence-corrected chi connectivity index (χ4v) is 3.72. The number of nitrogen functional groups attached to an aromatic ring is 2. The lowest BCUT2D eigenvalue weighted by atomic mass is 9.67. The van der Waals surface area contributed by atoms with Gasteiger partial charge in [0.05, 0.1) is 0 Å². The molecule has 0 bridgehead atoms. The highest BCUT2D eigenvalue weighted by atomic mass is 15.1. The molecule has 0 amide bonds. The highest BCUT2D eigenvalue weighted by molar-refractivity contribution is 5.27. The fourth-order valence-electron chi connectivity index (χ4n) is 3.72. The average molecular weight is 247 g/mol. The smallest absolute Gasteiger partial charge is 0.225 e. The van der Waals surface area contributed by atoms with Crippen LogP contribution in [0.3, 0.4) is 0 Å². The monoisotopic (exact) mass is 247 g/mol. The van der Waals surface area contributed by atoms with Crippen molar-refractivity contribution < 1.29 is 0 Å². The van der Waals surface area contributed by atoms with Gasteiger partial charge in [-0.3, -0.25) is 0 Å². The zero-order chi connectivity index (χ0) is 12.5. The molecule has 5 nitrogen and oxygen atoms in total. The van der Waals surface area contributed by atoms with Crippen LogP contribution >= 0.6 is 0 Å². The molecular formula is C13H21N5. The topological polar surface area (TPSA) is 90.7 Å². The van der Waals surface area contributed by atoms with Crippen molar-refractivity contribution in [3.63, 3.8) is 0 Å². The van der Waals surface area contributed by atoms with Crippen LogP contribution in [0.15, 0.2) is 0 Å². The number of aromatic nitrogens is 3. The van der Waals surface area contributed by atoms with Gasteiger partial charge in [0.15, 0.2) is 0 Å². The summed E-state index contributed by atoms with van der Waals surface area (Å²) in [6, 6.07) is 0. The second-order valence-corrected chi connectivity index (χ2v) is 5.72. The normalized spacial score (nSPS) is 31.9. The molecule has 3 atom stereocenters. The largest absolute Gasteiger partial charge is 0.368 e. The van der Waals surface area contributed by atoms with Crippen molar-refractivity contribution in [3.05, 3.63) is 5.82 Å². The second-order valence-electron chi connectivity index (χ2n) is 5.72. The number of hydrogen-bond acceptors (Lipinski definition) is 5. The van der Waals surface area contributed by atoms with Crippen LogP contribution in [0, 0.1) is 11.8 Å². The number of hydrogen-bond donors (Lipinski definition) is 2. The van der Waals surface area contributed by atoms with Gasteiger partial charge in [-0.25, -0.2) is 0 Å². The third-order valence-electron chi connectivity index (χ3n) is 4.59. The predicted octanol–water partition coefficient (Wildman–Crippen LogP) is 2.11. The Hall–Kier alpha value is -1.39. The van der Waals surface area contributed by atoms with Gasteiger partial charge in [0.25, 0.3) is 0 Å². The summed E-state index contributed by atoms with van der Waals surface area (Å²) in [5.41, 5.74) is 11.3. The molecule has 18 heavy (non-hydrogen) atoms. The lowest BCUT2D eigenvalue weighted by Gasteiger charge is -2.38. The summed E-state index contributed by atoms with van der Waals surface area (Å²) in [5, 5.41) is 0. The molecule has 3 rings (SSSR count). The van der Waals surface area contributed by atoms with Gasteiger partial charge >= 0.3 is 0 Å². The standard InChI is InChI=1S/C13H21N5/c14-12-16-11(17-13(15)18-12)10-6-5-8-3-1-2-4-9(8)7-10/h8-10H,1-7H2,(H4,14,15,16,17,18). The van der Waals surface area contributed by atoms with Crippen LogP contribution in [-0.2, 0) is 0 Å². The third-order valence-corrected chi connectivity index (χ3v) is 4.59. The van der Waals surface area contributed by atoms with Gasteiger partial charge in [0.1, 0.15) is 5.82 Å². The Labute approximate surface area is 107 Å². The van der Waals surface area contributed by atoms with Crippen LogP contribution in [0.1, 0.15) is 56.7 Å². The van der Waals surface area contributed by atoms with E-state index in [0.29, 0.717) is 5.92 Å². The minimum Gasteiger partial charge on any atom is -0.368 e. The third kappa shape index (κ3) is 2.26. The van der Waals surface area contributed by atoms with E-state index in [1.165, 1.54) is 44.9 Å². The summed E-state index contributed by atoms with van der Waals surface area (Å²) in [7, 11) is 0. The number of nitrogens with two attached hydrogens (primary N) is 2. The van der Waals surface area contributed by atoms with Gasteiger partial charge in [-0.05, 0) is 31.1 Å². The molecule has 0 aliphatic heterocycles. The average Bonchev–Trinajstić information content (AvgIpc) is 2.37. The molecule has 5 heteroatoms. The SMILES string of the molecule is Nc1nc(N)nc(C2CCC3CCCCC3C2)n1. The molecule has 2 fully saturated rings. The van der Waals surface area contributed by atoms with E-state index in [-0.39, 0.29) is 11.9 Å². The molecule has 1 heterocycles. The molecular weight excluding hydrogens is 226 g/mol. The van der Waals surface area contributed by atoms with Crippen molar-refractivity contribution >= 4 is 11.9 Å². The molecule has 2 aliphatic carbocycles. The van der Waals surface area contributed by atoms with Crippen molar-refractivity contribution in [2.75, 3.05) is 11.5 Å². The number of fused-ring (bicyclic) bond motifs is 1. The molecule has 0 aromatic carbocycles. The quantitative estimate of drug-likeness (QED) is 0.793. The van der Waals surface area contributed by atoms with Crippen molar-refractivity contribution in [1.29, 1.82) is 0 Å². The van der Waals surface area contributed by atoms with Gasteiger partial charge in [-0.15, -0.1) is 0 Å². The van der Waals surface area contributed by atoms with Gasteiger partial charge in [-0.2, -0.15) is 15.0 Å². The first-order chi connectivity index (χ1) is 8.72. The first-order valence-electron chi connectivity index (χ1n) is 6.99. The van der Waals surface area contributed by atoms with Gasteiger partial charge in [0.2, 0.25) is 11.9 Å². The van der Waals surface area contributed by atoms with E-state index in [1.54, 1.807) is 0 Å². The molecule has 0 saturated heterocycles. The molecule has 3 unspecified atom stereocenters. The van der Waals surface area contributed by atoms with E-state index in [9.17, 15) is 0 Å². The van der Waals surface area contributed by atoms with E-state index in [1.807, 2.05) is 0 Å². The molecule has 2 saturated carbocycles. The zero-order valence-electron chi connectivity index (χ0n) is 10.7. The van der Waals surface area contributed by atoms with E-state index >= 15 is 0 Å². The highest BCUT2D eigenvalue weighted by Crippen LogP contribution is 2.45. The Balaban J connectivity index is 1.76. The molecule has 1 aromatic heterocycles. The van der Waals surface area contributed by atoms with Crippen molar-refractivity contribution in [2.24, 2.45) is 11.8 Å². The summed E-state index contributed by atoms with van der Waals surface area (Å²) < 4.78 is 0. The number of anilines is 2. The minimum atomic E-state index is 0.253. The summed E-state index contributed by atoms with van der Waals surface area (Å²) in [6.07, 6.45) is 9.27. The van der Waals surface area contributed by atoms with Gasteiger partial charge in [-0.1, -0.05) is 25.7 Å². The maximum atomic E-state index is 5.66. The molecule has 98 valence electrons. The van der Waals surface area contributed by atoms with Gasteiger partial charge in [0, 0.05) is 5.92 Å². The Kier molecular flexibility index (Phi) is 3.06. The Morgan fingerprint density at radius 1 is 0.778 bits per heavy atom. The van der Waals surface area contributed by atoms with Crippen LogP contribution in [0.25, 0.3) is 0 Å². The first-order valence-corrected chi connectivity index (χ1v) is 6.99. The number of rotatable bonds is 1. The lowest BCUT2D eigenvalue weighted by molar-refractivity contribution is 0.153. The van der Waals surface area contributed by atoms with Crippen molar-refractivity contribution in [3.8, 4) is 0 Å². The Morgan fingerprint density at radius 2 is 1.44 bits per heavy atom. The maximum Gasteiger partial charge on any atom is 0.225 e. The van der Waals surface area contributed by atoms with E-state index < -0.39 is 0 Å². The molecule has 2 aliphatic rings. The fraction of sp³-hybridized carbons (Fsp3) is 0.769. The van der Waals surface area contributed by atoms with Crippen LogP contribution in [0.4, 0.5) is 11.9 Å². The first kappa shape index (κ1) is 11.7. The second kappa shape index (κ2) is 4.71. The molecule has 4 N–H and O–H groups in total. The van der Waals surface area contributed by atoms with E-state index in [0.717, 1.165) is 17.7 Å². The summed E-state index contributed by atoms with van der Waals surface area (Å²) >= 11 is 0. The van der Waals surface area contributed by atoms with E-state index in [4.69, 9.17) is 11.5 Å².